The molecule has 0 aliphatic rings. The molecule has 25 heavy (non-hydrogen) atoms. The van der Waals surface area contributed by atoms with E-state index in [9.17, 15) is 0 Å². The smallest absolute Gasteiger partial charge is 0.257 e. The van der Waals surface area contributed by atoms with E-state index in [0.29, 0.717) is 5.89 Å². The maximum atomic E-state index is 5.27. The van der Waals surface area contributed by atoms with Crippen LogP contribution in [0.25, 0.3) is 11.5 Å². The van der Waals surface area contributed by atoms with E-state index >= 15 is 0 Å². The summed E-state index contributed by atoms with van der Waals surface area (Å²) < 4.78 is 5.27. The van der Waals surface area contributed by atoms with E-state index in [0.717, 1.165) is 62.7 Å². The number of benzene rings is 1. The fraction of sp³-hybridized carbons (Fsp3) is 0.526. The highest BCUT2D eigenvalue weighted by molar-refractivity contribution is 5.79. The Morgan fingerprint density at radius 3 is 2.56 bits per heavy atom. The van der Waals surface area contributed by atoms with E-state index in [1.165, 1.54) is 5.56 Å². The van der Waals surface area contributed by atoms with Crippen LogP contribution in [0.5, 0.6) is 0 Å². The Labute approximate surface area is 150 Å². The molecule has 6 heteroatoms. The van der Waals surface area contributed by atoms with Crippen molar-refractivity contribution in [3.63, 3.8) is 0 Å². The average Bonchev–Trinajstić information content (AvgIpc) is 3.12. The summed E-state index contributed by atoms with van der Waals surface area (Å²) in [6.45, 7) is 8.85. The zero-order valence-electron chi connectivity index (χ0n) is 15.5. The summed E-state index contributed by atoms with van der Waals surface area (Å²) in [6, 6.07) is 8.27. The van der Waals surface area contributed by atoms with Gasteiger partial charge in [0, 0.05) is 31.6 Å². The van der Waals surface area contributed by atoms with Gasteiger partial charge in [-0.3, -0.25) is 4.99 Å². The highest BCUT2D eigenvalue weighted by Gasteiger charge is 2.07. The van der Waals surface area contributed by atoms with E-state index in [-0.39, 0.29) is 0 Å². The molecule has 2 aromatic rings. The molecule has 0 spiro atoms. The van der Waals surface area contributed by atoms with Crippen LogP contribution in [0.1, 0.15) is 45.0 Å². The lowest BCUT2D eigenvalue weighted by molar-refractivity contribution is 0.423. The van der Waals surface area contributed by atoms with Crippen molar-refractivity contribution in [2.45, 2.75) is 46.5 Å². The van der Waals surface area contributed by atoms with Gasteiger partial charge in [-0.15, -0.1) is 0 Å². The minimum atomic E-state index is 0.582. The minimum Gasteiger partial charge on any atom is -0.357 e. The number of unbranched alkanes of at least 4 members (excludes halogenated alkanes) is 1. The highest BCUT2D eigenvalue weighted by Crippen LogP contribution is 2.18. The van der Waals surface area contributed by atoms with Gasteiger partial charge in [0.05, 0.1) is 0 Å². The number of hydrogen-bond acceptors (Lipinski definition) is 4. The maximum Gasteiger partial charge on any atom is 0.257 e. The molecule has 0 aliphatic heterocycles. The van der Waals surface area contributed by atoms with Crippen molar-refractivity contribution in [1.29, 1.82) is 0 Å². The van der Waals surface area contributed by atoms with Crippen molar-refractivity contribution >= 4 is 5.96 Å². The molecule has 2 N–H and O–H groups in total. The quantitative estimate of drug-likeness (QED) is 0.415. The molecule has 1 aromatic heterocycles. The third-order valence-corrected chi connectivity index (χ3v) is 3.82. The molecule has 136 valence electrons. The number of aliphatic imine (C=N–C) groups is 1. The summed E-state index contributed by atoms with van der Waals surface area (Å²) in [5, 5.41) is 10.6. The first-order valence-corrected chi connectivity index (χ1v) is 9.20. The van der Waals surface area contributed by atoms with Gasteiger partial charge < -0.3 is 15.2 Å². The minimum absolute atomic E-state index is 0.582. The van der Waals surface area contributed by atoms with Crippen molar-refractivity contribution in [3.05, 3.63) is 35.7 Å². The molecular weight excluding hydrogens is 314 g/mol. The summed E-state index contributed by atoms with van der Waals surface area (Å²) in [5.41, 5.74) is 2.22. The first kappa shape index (κ1) is 19.0. The van der Waals surface area contributed by atoms with Crippen LogP contribution in [0.4, 0.5) is 0 Å². The Balaban J connectivity index is 1.85. The molecule has 0 radical (unpaired) electrons. The second kappa shape index (κ2) is 10.5. The van der Waals surface area contributed by atoms with Gasteiger partial charge in [-0.1, -0.05) is 37.6 Å². The highest BCUT2D eigenvalue weighted by atomic mass is 16.5. The molecule has 0 unspecified atom stereocenters. The molecule has 1 aromatic carbocycles. The van der Waals surface area contributed by atoms with Gasteiger partial charge in [-0.05, 0) is 37.5 Å². The van der Waals surface area contributed by atoms with Gasteiger partial charge in [-0.25, -0.2) is 0 Å². The van der Waals surface area contributed by atoms with E-state index in [1.54, 1.807) is 0 Å². The standard InChI is InChI=1S/C19H29N5O/c1-4-7-13-21-19(20-6-3)22-14-12-15-8-10-16(11-9-15)18-23-17(5-2)24-25-18/h8-11H,4-7,12-14H2,1-3H3,(H2,20,21,22). The zero-order valence-corrected chi connectivity index (χ0v) is 15.5. The van der Waals surface area contributed by atoms with Crippen LogP contribution in [-0.2, 0) is 12.8 Å². The fourth-order valence-corrected chi connectivity index (χ4v) is 2.34. The molecule has 0 saturated heterocycles. The van der Waals surface area contributed by atoms with Crippen LogP contribution in [0, 0.1) is 0 Å². The average molecular weight is 343 g/mol. The Kier molecular flexibility index (Phi) is 7.95. The van der Waals surface area contributed by atoms with Crippen molar-refractivity contribution in [3.8, 4) is 11.5 Å². The van der Waals surface area contributed by atoms with E-state index < -0.39 is 0 Å². The zero-order chi connectivity index (χ0) is 17.9. The van der Waals surface area contributed by atoms with Crippen LogP contribution >= 0.6 is 0 Å². The monoisotopic (exact) mass is 343 g/mol. The van der Waals surface area contributed by atoms with Crippen LogP contribution in [-0.4, -0.2) is 35.7 Å². The third kappa shape index (κ3) is 6.21. The molecule has 0 atom stereocenters. The second-order valence-electron chi connectivity index (χ2n) is 5.86. The Hall–Kier alpha value is -2.37. The van der Waals surface area contributed by atoms with Crippen LogP contribution in [0.15, 0.2) is 33.8 Å². The van der Waals surface area contributed by atoms with Crippen molar-refractivity contribution < 1.29 is 4.52 Å². The molecule has 0 bridgehead atoms. The topological polar surface area (TPSA) is 75.3 Å². The van der Waals surface area contributed by atoms with Gasteiger partial charge in [0.1, 0.15) is 0 Å². The molecule has 2 rings (SSSR count). The van der Waals surface area contributed by atoms with E-state index in [1.807, 2.05) is 19.1 Å². The lowest BCUT2D eigenvalue weighted by atomic mass is 10.1. The van der Waals surface area contributed by atoms with Gasteiger partial charge in [0.15, 0.2) is 11.8 Å². The second-order valence-corrected chi connectivity index (χ2v) is 5.86. The summed E-state index contributed by atoms with van der Waals surface area (Å²) in [7, 11) is 0. The maximum absolute atomic E-state index is 5.27. The summed E-state index contributed by atoms with van der Waals surface area (Å²) >= 11 is 0. The van der Waals surface area contributed by atoms with Crippen molar-refractivity contribution in [2.24, 2.45) is 4.99 Å². The van der Waals surface area contributed by atoms with Crippen LogP contribution < -0.4 is 10.6 Å². The molecular formula is C19H29N5O. The Morgan fingerprint density at radius 1 is 1.12 bits per heavy atom. The van der Waals surface area contributed by atoms with Gasteiger partial charge in [-0.2, -0.15) is 4.98 Å². The predicted molar refractivity (Wildman–Crippen MR) is 102 cm³/mol. The predicted octanol–water partition coefficient (Wildman–Crippen LogP) is 3.20. The van der Waals surface area contributed by atoms with Crippen LogP contribution in [0.2, 0.25) is 0 Å². The van der Waals surface area contributed by atoms with Crippen LogP contribution in [0.3, 0.4) is 0 Å². The van der Waals surface area contributed by atoms with Crippen molar-refractivity contribution in [1.82, 2.24) is 20.8 Å². The molecule has 0 amide bonds. The summed E-state index contributed by atoms with van der Waals surface area (Å²) in [4.78, 5) is 8.92. The van der Waals surface area contributed by atoms with E-state index in [2.05, 4.69) is 51.7 Å². The Morgan fingerprint density at radius 2 is 1.92 bits per heavy atom. The molecule has 1 heterocycles. The first-order valence-electron chi connectivity index (χ1n) is 9.20. The number of aromatic nitrogens is 2. The Bertz CT molecular complexity index is 648. The van der Waals surface area contributed by atoms with Crippen molar-refractivity contribution in [2.75, 3.05) is 19.6 Å². The first-order chi connectivity index (χ1) is 12.3. The molecule has 0 fully saturated rings. The summed E-state index contributed by atoms with van der Waals surface area (Å²) in [5.74, 6) is 2.21. The third-order valence-electron chi connectivity index (χ3n) is 3.82. The summed E-state index contributed by atoms with van der Waals surface area (Å²) in [6.07, 6.45) is 3.99. The number of nitrogens with zero attached hydrogens (tertiary/aromatic N) is 3. The number of aryl methyl sites for hydroxylation is 1. The molecule has 6 nitrogen and oxygen atoms in total. The number of rotatable bonds is 9. The normalized spacial score (nSPS) is 11.6. The van der Waals surface area contributed by atoms with Gasteiger partial charge in [0.2, 0.25) is 0 Å². The fourth-order valence-electron chi connectivity index (χ4n) is 2.34. The number of nitrogens with one attached hydrogen (secondary N) is 2. The van der Waals surface area contributed by atoms with Gasteiger partial charge in [0.25, 0.3) is 5.89 Å². The largest absolute Gasteiger partial charge is 0.357 e. The molecule has 0 aliphatic carbocycles. The SMILES string of the molecule is CCCCN=C(NCC)NCCc1ccc(-c2nc(CC)no2)cc1. The lowest BCUT2D eigenvalue weighted by Gasteiger charge is -2.11. The number of hydrogen-bond donors (Lipinski definition) is 2. The lowest BCUT2D eigenvalue weighted by Crippen LogP contribution is -2.38. The number of guanidine groups is 1. The van der Waals surface area contributed by atoms with E-state index in [4.69, 9.17) is 4.52 Å². The molecule has 0 saturated carbocycles. The van der Waals surface area contributed by atoms with Gasteiger partial charge >= 0.3 is 0 Å².